The molecule has 0 aliphatic carbocycles. The van der Waals surface area contributed by atoms with Gasteiger partial charge in [0.1, 0.15) is 0 Å². The normalized spacial score (nSPS) is 14.7. The Hall–Kier alpha value is -2.64. The van der Waals surface area contributed by atoms with Gasteiger partial charge in [0.25, 0.3) is 5.91 Å². The lowest BCUT2D eigenvalue weighted by atomic mass is 10.1. The lowest BCUT2D eigenvalue weighted by Crippen LogP contribution is -2.38. The van der Waals surface area contributed by atoms with E-state index in [9.17, 15) is 14.9 Å². The minimum Gasteiger partial charge on any atom is -0.490 e. The molecule has 112 valence electrons. The number of piperidine rings is 1. The average molecular weight is 293 g/mol. The van der Waals surface area contributed by atoms with Crippen molar-refractivity contribution in [3.63, 3.8) is 0 Å². The number of ether oxygens (including phenoxy) is 1. The van der Waals surface area contributed by atoms with Gasteiger partial charge >= 0.3 is 5.69 Å². The molecule has 8 nitrogen and oxygen atoms in total. The Bertz CT molecular complexity index is 589. The number of hydrogen-bond donors (Lipinski definition) is 1. The summed E-state index contributed by atoms with van der Waals surface area (Å²) in [7, 11) is 1.30. The van der Waals surface area contributed by atoms with Crippen LogP contribution in [0.3, 0.4) is 0 Å². The number of nitro benzene ring substituents is 1. The fraction of sp³-hybridized carbons (Fsp3) is 0.385. The van der Waals surface area contributed by atoms with E-state index in [1.54, 1.807) is 4.90 Å². The molecule has 1 amide bonds. The molecule has 1 aromatic rings. The summed E-state index contributed by atoms with van der Waals surface area (Å²) < 4.78 is 5.04. The van der Waals surface area contributed by atoms with E-state index < -0.39 is 4.92 Å². The summed E-state index contributed by atoms with van der Waals surface area (Å²) in [6.45, 7) is 0.814. The van der Waals surface area contributed by atoms with Crippen LogP contribution in [0.2, 0.25) is 0 Å². The number of hydrogen-bond acceptors (Lipinski definition) is 6. The number of nitrogens with zero attached hydrogens (tertiary/aromatic N) is 3. The van der Waals surface area contributed by atoms with Gasteiger partial charge < -0.3 is 14.8 Å². The van der Waals surface area contributed by atoms with Gasteiger partial charge in [0.15, 0.2) is 0 Å². The quantitative estimate of drug-likeness (QED) is 0.518. The predicted octanol–water partition coefficient (Wildman–Crippen LogP) is 1.67. The van der Waals surface area contributed by atoms with Crippen LogP contribution in [0.15, 0.2) is 23.4 Å². The van der Waals surface area contributed by atoms with Crippen molar-refractivity contribution in [2.75, 3.05) is 20.2 Å². The molecule has 0 atom stereocenters. The first-order valence-electron chi connectivity index (χ1n) is 6.39. The number of methoxy groups -OCH3 is 1. The molecule has 1 saturated heterocycles. The van der Waals surface area contributed by atoms with Crippen molar-refractivity contribution in [3.8, 4) is 5.75 Å². The molecule has 0 saturated carbocycles. The third-order valence-corrected chi connectivity index (χ3v) is 3.39. The van der Waals surface area contributed by atoms with Crippen LogP contribution < -0.4 is 4.74 Å². The highest BCUT2D eigenvalue weighted by Crippen LogP contribution is 2.31. The van der Waals surface area contributed by atoms with Gasteiger partial charge in [-0.25, -0.2) is 0 Å². The van der Waals surface area contributed by atoms with E-state index >= 15 is 0 Å². The molecule has 0 radical (unpaired) electrons. The van der Waals surface area contributed by atoms with Crippen molar-refractivity contribution in [1.82, 2.24) is 4.90 Å². The van der Waals surface area contributed by atoms with Gasteiger partial charge in [0.2, 0.25) is 5.75 Å². The second-order valence-corrected chi connectivity index (χ2v) is 4.57. The summed E-state index contributed by atoms with van der Waals surface area (Å²) >= 11 is 0. The van der Waals surface area contributed by atoms with Gasteiger partial charge in [-0.2, -0.15) is 0 Å². The standard InChI is InChI=1S/C13H15N3O5/c1-21-12-10(3-2-4-11(12)16(19)20)13(17)15-7-5-9(14-18)6-8-15/h2-4,18H,5-8H2,1H3. The second-order valence-electron chi connectivity index (χ2n) is 4.57. The maximum absolute atomic E-state index is 12.5. The molecule has 1 fully saturated rings. The zero-order valence-electron chi connectivity index (χ0n) is 11.5. The summed E-state index contributed by atoms with van der Waals surface area (Å²) in [4.78, 5) is 24.4. The second kappa shape index (κ2) is 6.21. The highest BCUT2D eigenvalue weighted by Gasteiger charge is 2.27. The van der Waals surface area contributed by atoms with Crippen LogP contribution in [0, 0.1) is 10.1 Å². The molecule has 0 spiro atoms. The number of carbonyl (C=O) groups excluding carboxylic acids is 1. The fourth-order valence-electron chi connectivity index (χ4n) is 2.29. The maximum atomic E-state index is 12.5. The Kier molecular flexibility index (Phi) is 4.36. The van der Waals surface area contributed by atoms with E-state index in [2.05, 4.69) is 5.16 Å². The van der Waals surface area contributed by atoms with Crippen molar-refractivity contribution in [2.45, 2.75) is 12.8 Å². The van der Waals surface area contributed by atoms with Crippen LogP contribution in [-0.2, 0) is 0 Å². The van der Waals surface area contributed by atoms with Gasteiger partial charge in [-0.3, -0.25) is 14.9 Å². The van der Waals surface area contributed by atoms with Crippen molar-refractivity contribution >= 4 is 17.3 Å². The minimum absolute atomic E-state index is 0.0332. The zero-order valence-corrected chi connectivity index (χ0v) is 11.5. The number of amides is 1. The molecule has 8 heteroatoms. The molecule has 1 N–H and O–H groups in total. The fourth-order valence-corrected chi connectivity index (χ4v) is 2.29. The number of para-hydroxylation sites is 1. The number of nitro groups is 1. The molecule has 1 aliphatic rings. The Labute approximate surface area is 120 Å². The van der Waals surface area contributed by atoms with E-state index in [-0.39, 0.29) is 22.9 Å². The number of benzene rings is 1. The highest BCUT2D eigenvalue weighted by atomic mass is 16.6. The van der Waals surface area contributed by atoms with Gasteiger partial charge in [-0.05, 0) is 6.07 Å². The highest BCUT2D eigenvalue weighted by molar-refractivity contribution is 5.99. The maximum Gasteiger partial charge on any atom is 0.311 e. The zero-order chi connectivity index (χ0) is 15.4. The molecule has 0 unspecified atom stereocenters. The van der Waals surface area contributed by atoms with E-state index in [4.69, 9.17) is 9.94 Å². The van der Waals surface area contributed by atoms with E-state index in [1.807, 2.05) is 0 Å². The summed E-state index contributed by atoms with van der Waals surface area (Å²) in [6.07, 6.45) is 0.971. The van der Waals surface area contributed by atoms with Gasteiger partial charge in [0.05, 0.1) is 23.3 Å². The van der Waals surface area contributed by atoms with E-state index in [0.29, 0.717) is 31.6 Å². The van der Waals surface area contributed by atoms with Crippen molar-refractivity contribution < 1.29 is 19.7 Å². The first kappa shape index (κ1) is 14.8. The third-order valence-electron chi connectivity index (χ3n) is 3.39. The van der Waals surface area contributed by atoms with Crippen molar-refractivity contribution in [3.05, 3.63) is 33.9 Å². The van der Waals surface area contributed by atoms with Crippen LogP contribution in [0.1, 0.15) is 23.2 Å². The SMILES string of the molecule is COc1c(C(=O)N2CCC(=NO)CC2)cccc1[N+](=O)[O-]. The molecule has 0 aromatic heterocycles. The Morgan fingerprint density at radius 2 is 2.10 bits per heavy atom. The molecular weight excluding hydrogens is 278 g/mol. The molecule has 1 heterocycles. The number of oxime groups is 1. The van der Waals surface area contributed by atoms with Crippen molar-refractivity contribution in [2.24, 2.45) is 5.16 Å². The summed E-state index contributed by atoms with van der Waals surface area (Å²) in [6, 6.07) is 4.25. The average Bonchev–Trinajstić information content (AvgIpc) is 2.53. The minimum atomic E-state index is -0.581. The lowest BCUT2D eigenvalue weighted by Gasteiger charge is -2.27. The molecule has 2 rings (SSSR count). The first-order valence-corrected chi connectivity index (χ1v) is 6.39. The monoisotopic (exact) mass is 293 g/mol. The van der Waals surface area contributed by atoms with Gasteiger partial charge in [0, 0.05) is 32.0 Å². The summed E-state index contributed by atoms with van der Waals surface area (Å²) in [5.41, 5.74) is 0.569. The third kappa shape index (κ3) is 2.93. The summed E-state index contributed by atoms with van der Waals surface area (Å²) in [5.74, 6) is -0.360. The summed E-state index contributed by atoms with van der Waals surface area (Å²) in [5, 5.41) is 22.8. The molecular formula is C13H15N3O5. The Morgan fingerprint density at radius 1 is 1.43 bits per heavy atom. The molecule has 1 aromatic carbocycles. The number of rotatable bonds is 3. The van der Waals surface area contributed by atoms with Crippen LogP contribution in [-0.4, -0.2) is 46.8 Å². The van der Waals surface area contributed by atoms with Gasteiger partial charge in [-0.1, -0.05) is 11.2 Å². The van der Waals surface area contributed by atoms with E-state index in [0.717, 1.165) is 0 Å². The molecule has 0 bridgehead atoms. The molecule has 21 heavy (non-hydrogen) atoms. The number of carbonyl (C=O) groups is 1. The smallest absolute Gasteiger partial charge is 0.311 e. The molecule has 1 aliphatic heterocycles. The predicted molar refractivity (Wildman–Crippen MR) is 74.0 cm³/mol. The number of likely N-dealkylation sites (tertiary alicyclic amines) is 1. The Balaban J connectivity index is 2.28. The van der Waals surface area contributed by atoms with E-state index in [1.165, 1.54) is 25.3 Å². The van der Waals surface area contributed by atoms with Crippen LogP contribution in [0.5, 0.6) is 5.75 Å². The largest absolute Gasteiger partial charge is 0.490 e. The topological polar surface area (TPSA) is 105 Å². The lowest BCUT2D eigenvalue weighted by molar-refractivity contribution is -0.385. The van der Waals surface area contributed by atoms with Crippen LogP contribution in [0.25, 0.3) is 0 Å². The van der Waals surface area contributed by atoms with Crippen LogP contribution in [0.4, 0.5) is 5.69 Å². The Morgan fingerprint density at radius 3 is 2.62 bits per heavy atom. The first-order chi connectivity index (χ1) is 10.1. The van der Waals surface area contributed by atoms with Crippen LogP contribution >= 0.6 is 0 Å². The van der Waals surface area contributed by atoms with Gasteiger partial charge in [-0.15, -0.1) is 0 Å². The van der Waals surface area contributed by atoms with Crippen molar-refractivity contribution in [1.29, 1.82) is 0 Å².